The maximum atomic E-state index is 5.53. The van der Waals surface area contributed by atoms with Crippen molar-refractivity contribution in [2.75, 3.05) is 0 Å². The number of benzene rings is 1. The average molecular weight is 188 g/mol. The summed E-state index contributed by atoms with van der Waals surface area (Å²) >= 11 is 0. The lowest BCUT2D eigenvalue weighted by molar-refractivity contribution is 0.695. The predicted molar refractivity (Wildman–Crippen MR) is 57.2 cm³/mol. The van der Waals surface area contributed by atoms with Crippen LogP contribution in [0.1, 0.15) is 5.56 Å². The highest BCUT2D eigenvalue weighted by atomic mass is 15.2. The van der Waals surface area contributed by atoms with E-state index >= 15 is 0 Å². The van der Waals surface area contributed by atoms with Gasteiger partial charge in [0.25, 0.3) is 0 Å². The fourth-order valence-electron chi connectivity index (χ4n) is 1.34. The summed E-state index contributed by atoms with van der Waals surface area (Å²) in [6, 6.07) is 10.1. The summed E-state index contributed by atoms with van der Waals surface area (Å²) in [6.45, 7) is 0. The van der Waals surface area contributed by atoms with E-state index in [9.17, 15) is 0 Å². The van der Waals surface area contributed by atoms with Gasteiger partial charge in [0, 0.05) is 6.42 Å². The van der Waals surface area contributed by atoms with Gasteiger partial charge in [0.1, 0.15) is 6.17 Å². The van der Waals surface area contributed by atoms with Crippen molar-refractivity contribution in [3.63, 3.8) is 0 Å². The largest absolute Gasteiger partial charge is 0.370 e. The van der Waals surface area contributed by atoms with Crippen LogP contribution in [0.2, 0.25) is 0 Å². The Morgan fingerprint density at radius 2 is 2.07 bits per heavy atom. The van der Waals surface area contributed by atoms with E-state index in [1.807, 2.05) is 18.2 Å². The Morgan fingerprint density at radius 1 is 1.29 bits per heavy atom. The molecule has 0 radical (unpaired) electrons. The first-order valence-electron chi connectivity index (χ1n) is 4.50. The highest BCUT2D eigenvalue weighted by molar-refractivity contribution is 5.90. The van der Waals surface area contributed by atoms with E-state index in [1.54, 1.807) is 6.34 Å². The summed E-state index contributed by atoms with van der Waals surface area (Å²) in [5.74, 6) is 0.431. The number of aliphatic imine (C=N–C) groups is 2. The monoisotopic (exact) mass is 188 g/mol. The van der Waals surface area contributed by atoms with Crippen molar-refractivity contribution in [3.05, 3.63) is 35.9 Å². The van der Waals surface area contributed by atoms with Crippen LogP contribution < -0.4 is 11.1 Å². The van der Waals surface area contributed by atoms with Gasteiger partial charge in [-0.3, -0.25) is 0 Å². The zero-order chi connectivity index (χ0) is 9.80. The zero-order valence-corrected chi connectivity index (χ0v) is 7.72. The van der Waals surface area contributed by atoms with E-state index in [2.05, 4.69) is 27.4 Å². The quantitative estimate of drug-likeness (QED) is 0.710. The number of hydrogen-bond donors (Lipinski definition) is 2. The van der Waals surface area contributed by atoms with Crippen LogP contribution in [0.5, 0.6) is 0 Å². The minimum absolute atomic E-state index is 0.0846. The zero-order valence-electron chi connectivity index (χ0n) is 7.72. The first-order valence-corrected chi connectivity index (χ1v) is 4.50. The molecule has 4 heteroatoms. The van der Waals surface area contributed by atoms with Gasteiger partial charge in [0.15, 0.2) is 5.96 Å². The molecule has 0 aliphatic carbocycles. The third-order valence-corrected chi connectivity index (χ3v) is 2.01. The molecule has 1 unspecified atom stereocenters. The third kappa shape index (κ3) is 2.10. The summed E-state index contributed by atoms with van der Waals surface area (Å²) in [5.41, 5.74) is 6.74. The van der Waals surface area contributed by atoms with Crippen molar-refractivity contribution in [1.29, 1.82) is 0 Å². The lowest BCUT2D eigenvalue weighted by Gasteiger charge is -2.13. The fourth-order valence-corrected chi connectivity index (χ4v) is 1.34. The van der Waals surface area contributed by atoms with Crippen LogP contribution in [0.25, 0.3) is 0 Å². The van der Waals surface area contributed by atoms with Crippen molar-refractivity contribution < 1.29 is 0 Å². The first-order chi connectivity index (χ1) is 6.84. The Bertz CT molecular complexity index is 356. The van der Waals surface area contributed by atoms with Crippen LogP contribution >= 0.6 is 0 Å². The van der Waals surface area contributed by atoms with E-state index in [0.29, 0.717) is 5.96 Å². The highest BCUT2D eigenvalue weighted by Gasteiger charge is 2.08. The molecule has 1 heterocycles. The maximum Gasteiger partial charge on any atom is 0.195 e. The van der Waals surface area contributed by atoms with Crippen LogP contribution in [0.15, 0.2) is 40.3 Å². The van der Waals surface area contributed by atoms with Crippen LogP contribution in [0, 0.1) is 0 Å². The Morgan fingerprint density at radius 3 is 2.79 bits per heavy atom. The van der Waals surface area contributed by atoms with Crippen molar-refractivity contribution in [3.8, 4) is 0 Å². The summed E-state index contributed by atoms with van der Waals surface area (Å²) in [7, 11) is 0. The molecule has 1 aromatic rings. The van der Waals surface area contributed by atoms with Crippen molar-refractivity contribution in [2.24, 2.45) is 15.7 Å². The van der Waals surface area contributed by atoms with Gasteiger partial charge in [0.2, 0.25) is 0 Å². The number of hydrogen-bond acceptors (Lipinski definition) is 4. The van der Waals surface area contributed by atoms with E-state index in [0.717, 1.165) is 6.42 Å². The normalized spacial score (nSPS) is 20.0. The molecule has 0 fully saturated rings. The second-order valence-electron chi connectivity index (χ2n) is 3.11. The topological polar surface area (TPSA) is 62.8 Å². The van der Waals surface area contributed by atoms with E-state index < -0.39 is 0 Å². The van der Waals surface area contributed by atoms with Crippen LogP contribution in [-0.4, -0.2) is 18.5 Å². The van der Waals surface area contributed by atoms with Gasteiger partial charge in [-0.2, -0.15) is 0 Å². The van der Waals surface area contributed by atoms with Crippen molar-refractivity contribution in [1.82, 2.24) is 5.32 Å². The fraction of sp³-hybridized carbons (Fsp3) is 0.200. The molecular formula is C10H12N4. The van der Waals surface area contributed by atoms with E-state index in [4.69, 9.17) is 5.73 Å². The number of nitrogens with one attached hydrogen (secondary N) is 1. The molecule has 0 saturated heterocycles. The number of guanidine groups is 1. The minimum atomic E-state index is -0.0846. The van der Waals surface area contributed by atoms with Gasteiger partial charge < -0.3 is 11.1 Å². The Kier molecular flexibility index (Phi) is 2.44. The first kappa shape index (κ1) is 8.74. The van der Waals surface area contributed by atoms with Gasteiger partial charge in [-0.05, 0) is 5.56 Å². The molecule has 0 aromatic heterocycles. The lowest BCUT2D eigenvalue weighted by atomic mass is 10.1. The smallest absolute Gasteiger partial charge is 0.195 e. The molecule has 1 aliphatic heterocycles. The molecule has 3 N–H and O–H groups in total. The van der Waals surface area contributed by atoms with Gasteiger partial charge in [-0.1, -0.05) is 30.3 Å². The van der Waals surface area contributed by atoms with Crippen molar-refractivity contribution in [2.45, 2.75) is 12.6 Å². The standard InChI is InChI=1S/C10H12N4/c11-10-13-7-12-9(14-10)6-8-4-2-1-3-5-8/h1-5,7,9H,6H2,(H3,11,12,13,14). The molecule has 0 bridgehead atoms. The van der Waals surface area contributed by atoms with E-state index in [1.165, 1.54) is 5.56 Å². The third-order valence-electron chi connectivity index (χ3n) is 2.01. The van der Waals surface area contributed by atoms with Crippen molar-refractivity contribution >= 4 is 12.3 Å². The SMILES string of the molecule is NC1=NC(Cc2ccccc2)N=CN1. The highest BCUT2D eigenvalue weighted by Crippen LogP contribution is 2.07. The number of rotatable bonds is 2. The molecule has 0 saturated carbocycles. The van der Waals surface area contributed by atoms with Gasteiger partial charge in [-0.15, -0.1) is 0 Å². The molecular weight excluding hydrogens is 176 g/mol. The molecule has 1 aliphatic rings. The Labute approximate surface area is 82.6 Å². The average Bonchev–Trinajstić information content (AvgIpc) is 2.19. The van der Waals surface area contributed by atoms with Crippen LogP contribution in [-0.2, 0) is 6.42 Å². The van der Waals surface area contributed by atoms with Gasteiger partial charge in [0.05, 0.1) is 6.34 Å². The molecule has 4 nitrogen and oxygen atoms in total. The van der Waals surface area contributed by atoms with Crippen LogP contribution in [0.4, 0.5) is 0 Å². The summed E-state index contributed by atoms with van der Waals surface area (Å²) in [6.07, 6.45) is 2.30. The Balaban J connectivity index is 2.05. The second-order valence-corrected chi connectivity index (χ2v) is 3.11. The molecule has 1 aromatic carbocycles. The maximum absolute atomic E-state index is 5.53. The summed E-state index contributed by atoms with van der Waals surface area (Å²) in [5, 5.41) is 2.73. The summed E-state index contributed by atoms with van der Waals surface area (Å²) < 4.78 is 0. The van der Waals surface area contributed by atoms with Gasteiger partial charge in [-0.25, -0.2) is 9.98 Å². The molecule has 0 spiro atoms. The lowest BCUT2D eigenvalue weighted by Crippen LogP contribution is -2.35. The molecule has 72 valence electrons. The molecule has 14 heavy (non-hydrogen) atoms. The minimum Gasteiger partial charge on any atom is -0.370 e. The van der Waals surface area contributed by atoms with Gasteiger partial charge >= 0.3 is 0 Å². The van der Waals surface area contributed by atoms with Crippen LogP contribution in [0.3, 0.4) is 0 Å². The molecule has 0 amide bonds. The predicted octanol–water partition coefficient (Wildman–Crippen LogP) is 0.501. The second kappa shape index (κ2) is 3.91. The van der Waals surface area contributed by atoms with E-state index in [-0.39, 0.29) is 6.17 Å². The molecule has 2 rings (SSSR count). The number of nitrogens with zero attached hydrogens (tertiary/aromatic N) is 2. The molecule has 1 atom stereocenters. The number of nitrogens with two attached hydrogens (primary N) is 1. The Hall–Kier alpha value is -1.84. The summed E-state index contributed by atoms with van der Waals surface area (Å²) in [4.78, 5) is 8.33.